The van der Waals surface area contributed by atoms with Crippen molar-refractivity contribution in [2.24, 2.45) is 0 Å². The second-order valence-corrected chi connectivity index (χ2v) is 5.58. The lowest BCUT2D eigenvalue weighted by atomic mass is 10.0. The minimum absolute atomic E-state index is 0.149. The summed E-state index contributed by atoms with van der Waals surface area (Å²) < 4.78 is 0. The lowest BCUT2D eigenvalue weighted by Gasteiger charge is -2.08. The van der Waals surface area contributed by atoms with Crippen LogP contribution in [0.1, 0.15) is 15.9 Å². The maximum absolute atomic E-state index is 12.3. The summed E-state index contributed by atoms with van der Waals surface area (Å²) >= 11 is 0. The van der Waals surface area contributed by atoms with Crippen molar-refractivity contribution in [3.05, 3.63) is 77.9 Å². The first-order chi connectivity index (χ1) is 11.5. The number of phenols is 2. The van der Waals surface area contributed by atoms with Crippen molar-refractivity contribution in [2.45, 2.75) is 6.92 Å². The van der Waals surface area contributed by atoms with Gasteiger partial charge in [0.2, 0.25) is 0 Å². The highest BCUT2D eigenvalue weighted by Crippen LogP contribution is 2.24. The first kappa shape index (κ1) is 15.6. The van der Waals surface area contributed by atoms with E-state index >= 15 is 0 Å². The molecular formula is C20H17NO3. The average Bonchev–Trinajstić information content (AvgIpc) is 2.59. The van der Waals surface area contributed by atoms with E-state index in [1.807, 2.05) is 24.3 Å². The summed E-state index contributed by atoms with van der Waals surface area (Å²) in [4.78, 5) is 12.3. The summed E-state index contributed by atoms with van der Waals surface area (Å²) in [6.45, 7) is 1.79. The molecule has 0 radical (unpaired) electrons. The Morgan fingerprint density at radius 2 is 1.42 bits per heavy atom. The van der Waals surface area contributed by atoms with Crippen molar-refractivity contribution in [1.29, 1.82) is 0 Å². The fourth-order valence-corrected chi connectivity index (χ4v) is 2.36. The highest BCUT2D eigenvalue weighted by atomic mass is 16.3. The number of phenolic OH excluding ortho intramolecular Hbond substituents is 2. The Kier molecular flexibility index (Phi) is 4.20. The van der Waals surface area contributed by atoms with Gasteiger partial charge in [-0.1, -0.05) is 30.3 Å². The standard InChI is InChI=1S/C20H17NO3/c1-13-2-9-17(12-19(13)23)21-20(24)16-5-3-14(4-6-16)15-7-10-18(22)11-8-15/h2-12,22-23H,1H3,(H,21,24). The summed E-state index contributed by atoms with van der Waals surface area (Å²) in [5.41, 5.74) is 3.75. The molecule has 3 N–H and O–H groups in total. The van der Waals surface area contributed by atoms with E-state index in [0.29, 0.717) is 11.3 Å². The van der Waals surface area contributed by atoms with Crippen LogP contribution in [-0.4, -0.2) is 16.1 Å². The zero-order valence-electron chi connectivity index (χ0n) is 13.2. The van der Waals surface area contributed by atoms with Crippen LogP contribution in [0.4, 0.5) is 5.69 Å². The molecule has 0 unspecified atom stereocenters. The molecule has 4 heteroatoms. The van der Waals surface area contributed by atoms with E-state index in [-0.39, 0.29) is 17.4 Å². The Labute approximate surface area is 140 Å². The van der Waals surface area contributed by atoms with Crippen LogP contribution in [0.3, 0.4) is 0 Å². The third-order valence-corrected chi connectivity index (χ3v) is 3.81. The van der Waals surface area contributed by atoms with Gasteiger partial charge in [0.25, 0.3) is 5.91 Å². The number of hydrogen-bond donors (Lipinski definition) is 3. The van der Waals surface area contributed by atoms with E-state index in [4.69, 9.17) is 0 Å². The Bertz CT molecular complexity index is 868. The lowest BCUT2D eigenvalue weighted by molar-refractivity contribution is 0.102. The topological polar surface area (TPSA) is 69.6 Å². The summed E-state index contributed by atoms with van der Waals surface area (Å²) in [5, 5.41) is 21.8. The SMILES string of the molecule is Cc1ccc(NC(=O)c2ccc(-c3ccc(O)cc3)cc2)cc1O. The fraction of sp³-hybridized carbons (Fsp3) is 0.0500. The number of aromatic hydroxyl groups is 2. The first-order valence-electron chi connectivity index (χ1n) is 7.53. The molecule has 3 aromatic rings. The predicted octanol–water partition coefficient (Wildman–Crippen LogP) is 4.33. The van der Waals surface area contributed by atoms with Crippen molar-refractivity contribution in [3.8, 4) is 22.6 Å². The smallest absolute Gasteiger partial charge is 0.255 e. The largest absolute Gasteiger partial charge is 0.508 e. The van der Waals surface area contributed by atoms with Crippen molar-refractivity contribution in [2.75, 3.05) is 5.32 Å². The number of carbonyl (C=O) groups excluding carboxylic acids is 1. The quantitative estimate of drug-likeness (QED) is 0.673. The molecule has 0 spiro atoms. The van der Waals surface area contributed by atoms with Crippen molar-refractivity contribution < 1.29 is 15.0 Å². The molecule has 1 amide bonds. The summed E-state index contributed by atoms with van der Waals surface area (Å²) in [7, 11) is 0. The number of aryl methyl sites for hydroxylation is 1. The van der Waals surface area contributed by atoms with E-state index in [1.54, 1.807) is 43.3 Å². The van der Waals surface area contributed by atoms with Gasteiger partial charge in [0.05, 0.1) is 0 Å². The van der Waals surface area contributed by atoms with Crippen LogP contribution in [0.25, 0.3) is 11.1 Å². The molecule has 0 aliphatic carbocycles. The van der Waals surface area contributed by atoms with E-state index in [0.717, 1.165) is 16.7 Å². The molecule has 0 aliphatic heterocycles. The number of carbonyl (C=O) groups is 1. The highest BCUT2D eigenvalue weighted by molar-refractivity contribution is 6.04. The monoisotopic (exact) mass is 319 g/mol. The van der Waals surface area contributed by atoms with Gasteiger partial charge in [0.1, 0.15) is 11.5 Å². The Hall–Kier alpha value is -3.27. The molecule has 0 heterocycles. The molecule has 120 valence electrons. The molecule has 0 aromatic heterocycles. The second kappa shape index (κ2) is 6.46. The molecule has 0 bridgehead atoms. The molecule has 0 saturated carbocycles. The van der Waals surface area contributed by atoms with E-state index in [1.165, 1.54) is 6.07 Å². The van der Waals surface area contributed by atoms with Crippen LogP contribution in [0.15, 0.2) is 66.7 Å². The number of rotatable bonds is 3. The van der Waals surface area contributed by atoms with Gasteiger partial charge in [-0.15, -0.1) is 0 Å². The third kappa shape index (κ3) is 3.38. The van der Waals surface area contributed by atoms with Crippen LogP contribution in [0.5, 0.6) is 11.5 Å². The van der Waals surface area contributed by atoms with Crippen molar-refractivity contribution >= 4 is 11.6 Å². The summed E-state index contributed by atoms with van der Waals surface area (Å²) in [6, 6.07) is 19.1. The van der Waals surface area contributed by atoms with Crippen molar-refractivity contribution in [1.82, 2.24) is 0 Å². The number of nitrogens with one attached hydrogen (secondary N) is 1. The highest BCUT2D eigenvalue weighted by Gasteiger charge is 2.08. The Morgan fingerprint density at radius 3 is 2.00 bits per heavy atom. The van der Waals surface area contributed by atoms with Crippen LogP contribution in [0.2, 0.25) is 0 Å². The molecule has 24 heavy (non-hydrogen) atoms. The van der Waals surface area contributed by atoms with Crippen LogP contribution in [-0.2, 0) is 0 Å². The van der Waals surface area contributed by atoms with Crippen molar-refractivity contribution in [3.63, 3.8) is 0 Å². The van der Waals surface area contributed by atoms with Gasteiger partial charge in [-0.3, -0.25) is 4.79 Å². The maximum atomic E-state index is 12.3. The molecule has 4 nitrogen and oxygen atoms in total. The number of anilines is 1. The van der Waals surface area contributed by atoms with E-state index in [9.17, 15) is 15.0 Å². The lowest BCUT2D eigenvalue weighted by Crippen LogP contribution is -2.11. The number of hydrogen-bond acceptors (Lipinski definition) is 3. The zero-order chi connectivity index (χ0) is 17.1. The van der Waals surface area contributed by atoms with Crippen LogP contribution in [0, 0.1) is 6.92 Å². The van der Waals surface area contributed by atoms with Gasteiger partial charge in [0.15, 0.2) is 0 Å². The van der Waals surface area contributed by atoms with Gasteiger partial charge in [-0.2, -0.15) is 0 Å². The van der Waals surface area contributed by atoms with Gasteiger partial charge in [-0.25, -0.2) is 0 Å². The zero-order valence-corrected chi connectivity index (χ0v) is 13.2. The molecule has 0 fully saturated rings. The maximum Gasteiger partial charge on any atom is 0.255 e. The van der Waals surface area contributed by atoms with Gasteiger partial charge in [-0.05, 0) is 53.9 Å². The summed E-state index contributed by atoms with van der Waals surface area (Å²) in [6.07, 6.45) is 0. The fourth-order valence-electron chi connectivity index (χ4n) is 2.36. The Morgan fingerprint density at radius 1 is 0.833 bits per heavy atom. The molecule has 0 aliphatic rings. The van der Waals surface area contributed by atoms with E-state index in [2.05, 4.69) is 5.32 Å². The van der Waals surface area contributed by atoms with Gasteiger partial charge in [0, 0.05) is 17.3 Å². The normalized spacial score (nSPS) is 10.4. The van der Waals surface area contributed by atoms with Gasteiger partial charge >= 0.3 is 0 Å². The van der Waals surface area contributed by atoms with Crippen LogP contribution < -0.4 is 5.32 Å². The second-order valence-electron chi connectivity index (χ2n) is 5.58. The molecule has 3 aromatic carbocycles. The number of amides is 1. The molecule has 3 rings (SSSR count). The molecule has 0 saturated heterocycles. The molecule has 0 atom stereocenters. The minimum atomic E-state index is -0.240. The average molecular weight is 319 g/mol. The molecular weight excluding hydrogens is 302 g/mol. The van der Waals surface area contributed by atoms with Crippen LogP contribution >= 0.6 is 0 Å². The Balaban J connectivity index is 1.76. The third-order valence-electron chi connectivity index (χ3n) is 3.81. The van der Waals surface area contributed by atoms with E-state index < -0.39 is 0 Å². The minimum Gasteiger partial charge on any atom is -0.508 e. The summed E-state index contributed by atoms with van der Waals surface area (Å²) in [5.74, 6) is 0.127. The first-order valence-corrected chi connectivity index (χ1v) is 7.53. The predicted molar refractivity (Wildman–Crippen MR) is 94.3 cm³/mol. The number of benzene rings is 3. The van der Waals surface area contributed by atoms with Gasteiger partial charge < -0.3 is 15.5 Å².